The Kier molecular flexibility index (Phi) is 21.4. The Morgan fingerprint density at radius 1 is 0.842 bits per heavy atom. The molecule has 294 valence electrons. The summed E-state index contributed by atoms with van der Waals surface area (Å²) in [6.45, 7) is 18.4. The maximum absolute atomic E-state index is 11.9. The molecule has 0 unspecified atom stereocenters. The number of hydrogen-bond acceptors (Lipinski definition) is 10. The fourth-order valence-corrected chi connectivity index (χ4v) is 8.78. The Bertz CT molecular complexity index is 2290. The van der Waals surface area contributed by atoms with Crippen molar-refractivity contribution in [3.8, 4) is 0 Å². The van der Waals surface area contributed by atoms with E-state index in [4.69, 9.17) is 12.6 Å². The molecule has 0 saturated heterocycles. The van der Waals surface area contributed by atoms with Crippen LogP contribution in [-0.4, -0.2) is 67.7 Å². The van der Waals surface area contributed by atoms with Crippen LogP contribution in [0.1, 0.15) is 96.3 Å². The van der Waals surface area contributed by atoms with Crippen molar-refractivity contribution in [2.75, 3.05) is 23.7 Å². The van der Waals surface area contributed by atoms with Gasteiger partial charge >= 0.3 is 99.3 Å². The molecule has 2 aromatic rings. The van der Waals surface area contributed by atoms with E-state index >= 15 is 0 Å². The SMILES string of the molecule is O=S(=O)=O.[CH2-]CCCN1C(=CC=C2CCCC(C=CC3=[N+](CCCCS(=O)(=O)[O-])c4ccc(S(=O)(=O)[O-])cc4C3(C)C)=C2C)C(C)(C)c2cc(C)ccc21.[Na+].[Na+].[Na+]. The van der Waals surface area contributed by atoms with Gasteiger partial charge in [-0.25, -0.2) is 16.8 Å². The summed E-state index contributed by atoms with van der Waals surface area (Å²) in [6, 6.07) is 11.2. The molecule has 2 aliphatic heterocycles. The van der Waals surface area contributed by atoms with Crippen LogP contribution in [0.3, 0.4) is 0 Å². The molecule has 11 nitrogen and oxygen atoms in total. The van der Waals surface area contributed by atoms with Gasteiger partial charge in [0.25, 0.3) is 0 Å². The van der Waals surface area contributed by atoms with E-state index in [-0.39, 0.29) is 105 Å². The summed E-state index contributed by atoms with van der Waals surface area (Å²) in [5, 5.41) is 0. The van der Waals surface area contributed by atoms with Gasteiger partial charge in [-0.3, -0.25) is 0 Å². The number of allylic oxidation sites excluding steroid dienone is 8. The van der Waals surface area contributed by atoms with Crippen molar-refractivity contribution in [3.05, 3.63) is 107 Å². The molecule has 0 aromatic heterocycles. The molecule has 0 radical (unpaired) electrons. The number of nitrogens with zero attached hydrogens (tertiary/aromatic N) is 2. The van der Waals surface area contributed by atoms with Crippen LogP contribution >= 0.6 is 0 Å². The van der Waals surface area contributed by atoms with Crippen LogP contribution in [0, 0.1) is 13.8 Å². The van der Waals surface area contributed by atoms with Gasteiger partial charge in [0, 0.05) is 53.2 Å². The summed E-state index contributed by atoms with van der Waals surface area (Å²) in [6.07, 6.45) is 14.3. The van der Waals surface area contributed by atoms with E-state index < -0.39 is 42.0 Å². The van der Waals surface area contributed by atoms with Gasteiger partial charge in [-0.1, -0.05) is 50.1 Å². The number of hydrogen-bond donors (Lipinski definition) is 0. The molecule has 0 spiro atoms. The molecule has 0 atom stereocenters. The van der Waals surface area contributed by atoms with E-state index in [9.17, 15) is 25.9 Å². The first kappa shape index (κ1) is 54.3. The minimum atomic E-state index is -4.66. The molecule has 0 bridgehead atoms. The maximum atomic E-state index is 11.9. The zero-order valence-electron chi connectivity index (χ0n) is 34.8. The number of fused-ring (bicyclic) bond motifs is 2. The van der Waals surface area contributed by atoms with Crippen molar-refractivity contribution in [1.82, 2.24) is 0 Å². The number of rotatable bonds is 12. The summed E-state index contributed by atoms with van der Waals surface area (Å²) in [4.78, 5) is 2.18. The third-order valence-electron chi connectivity index (χ3n) is 10.6. The fraction of sp³-hybridized carbons (Fsp3) is 0.450. The van der Waals surface area contributed by atoms with Crippen LogP contribution in [0.2, 0.25) is 0 Å². The van der Waals surface area contributed by atoms with Crippen LogP contribution in [0.5, 0.6) is 0 Å². The summed E-state index contributed by atoms with van der Waals surface area (Å²) < 4.78 is 96.9. The second-order valence-corrected chi connectivity index (χ2v) is 18.4. The van der Waals surface area contributed by atoms with Crippen LogP contribution in [0.25, 0.3) is 0 Å². The second-order valence-electron chi connectivity index (χ2n) is 15.1. The van der Waals surface area contributed by atoms with Gasteiger partial charge in [0.1, 0.15) is 16.7 Å². The standard InChI is InChI=1S/C40H52N2O6S2.3Na.O3S/c1-8-9-23-41-35-19-15-28(2)26-33(35)39(4,5)37(41)21-16-30-13-12-14-31(29(30)3)17-22-38-40(6,7)34-27-32(50(46,47)48)18-20-36(34)42(38)24-10-11-25-49(43,44)45;;;;1-4(2)3/h15-22,26-27H,1,8-14,23-25H2,2-7H3,(H,43,44,45)(H,46,47,48);;;;/q;3*+1;/p-2. The minimum Gasteiger partial charge on any atom is -0.748 e. The number of aryl methyl sites for hydroxylation is 1. The zero-order valence-corrected chi connectivity index (χ0v) is 43.3. The van der Waals surface area contributed by atoms with Gasteiger partial charge in [0.2, 0.25) is 5.69 Å². The largest absolute Gasteiger partial charge is 1.00 e. The van der Waals surface area contributed by atoms with Crippen molar-refractivity contribution in [2.45, 2.75) is 102 Å². The van der Waals surface area contributed by atoms with E-state index in [0.717, 1.165) is 50.0 Å². The predicted molar refractivity (Wildman–Crippen MR) is 209 cm³/mol. The van der Waals surface area contributed by atoms with Crippen LogP contribution < -0.4 is 93.6 Å². The Balaban J connectivity index is 0.00000221. The molecule has 0 fully saturated rings. The molecule has 0 N–H and O–H groups in total. The minimum absolute atomic E-state index is 0. The van der Waals surface area contributed by atoms with E-state index in [1.807, 2.05) is 13.8 Å². The van der Waals surface area contributed by atoms with Gasteiger partial charge < -0.3 is 20.9 Å². The van der Waals surface area contributed by atoms with Crippen molar-refractivity contribution < 1.29 is 132 Å². The maximum Gasteiger partial charge on any atom is 1.00 e. The average molecular weight is 868 g/mol. The van der Waals surface area contributed by atoms with Crippen molar-refractivity contribution in [2.24, 2.45) is 0 Å². The molecule has 57 heavy (non-hydrogen) atoms. The third kappa shape index (κ3) is 13.7. The molecule has 2 heterocycles. The molecular formula is C40H50N2Na3O9S3+. The summed E-state index contributed by atoms with van der Waals surface area (Å²) >= 11 is 0. The zero-order chi connectivity index (χ0) is 40.2. The number of benzene rings is 2. The van der Waals surface area contributed by atoms with Crippen LogP contribution in [0.4, 0.5) is 11.4 Å². The summed E-state index contributed by atoms with van der Waals surface area (Å²) in [5.74, 6) is -0.441. The normalized spacial score (nSPS) is 18.4. The topological polar surface area (TPSA) is 172 Å². The predicted octanol–water partition coefficient (Wildman–Crippen LogP) is -2.11. The smallest absolute Gasteiger partial charge is 0.748 e. The van der Waals surface area contributed by atoms with Crippen molar-refractivity contribution >= 4 is 47.9 Å². The van der Waals surface area contributed by atoms with Gasteiger partial charge in [-0.05, 0) is 99.9 Å². The molecular weight excluding hydrogens is 818 g/mol. The summed E-state index contributed by atoms with van der Waals surface area (Å²) in [5.41, 5.74) is 10.5. The van der Waals surface area contributed by atoms with Gasteiger partial charge in [0.15, 0.2) is 5.71 Å². The van der Waals surface area contributed by atoms with Crippen LogP contribution in [-0.2, 0) is 41.7 Å². The Morgan fingerprint density at radius 3 is 2.09 bits per heavy atom. The first-order valence-corrected chi connectivity index (χ1v) is 22.0. The molecule has 17 heteroatoms. The van der Waals surface area contributed by atoms with Crippen LogP contribution in [0.15, 0.2) is 88.0 Å². The van der Waals surface area contributed by atoms with Crippen molar-refractivity contribution in [3.63, 3.8) is 0 Å². The second kappa shape index (κ2) is 22.4. The Labute approximate surface area is 407 Å². The molecule has 5 rings (SSSR count). The monoisotopic (exact) mass is 867 g/mol. The Morgan fingerprint density at radius 2 is 1.49 bits per heavy atom. The van der Waals surface area contributed by atoms with Gasteiger partial charge in [-0.2, -0.15) is 11.0 Å². The van der Waals surface area contributed by atoms with E-state index in [1.54, 1.807) is 6.07 Å². The fourth-order valence-electron chi connectivity index (χ4n) is 7.73. The quantitative estimate of drug-likeness (QED) is 0.0757. The molecule has 3 aliphatic rings. The summed E-state index contributed by atoms with van der Waals surface area (Å²) in [7, 11) is -12.1. The molecule has 0 amide bonds. The van der Waals surface area contributed by atoms with E-state index in [2.05, 4.69) is 86.6 Å². The van der Waals surface area contributed by atoms with Gasteiger partial charge in [0.05, 0.1) is 20.4 Å². The first-order valence-electron chi connectivity index (χ1n) is 18.0. The van der Waals surface area contributed by atoms with Crippen molar-refractivity contribution in [1.29, 1.82) is 0 Å². The number of unbranched alkanes of at least 4 members (excludes halogenated alkanes) is 2. The molecule has 2 aromatic carbocycles. The average Bonchev–Trinajstić information content (AvgIpc) is 3.40. The third-order valence-corrected chi connectivity index (χ3v) is 12.2. The van der Waals surface area contributed by atoms with Gasteiger partial charge in [-0.15, -0.1) is 12.6 Å². The van der Waals surface area contributed by atoms with E-state index in [0.29, 0.717) is 18.5 Å². The molecule has 0 saturated carbocycles. The number of anilines is 1. The van der Waals surface area contributed by atoms with E-state index in [1.165, 1.54) is 51.4 Å². The Hall–Kier alpha value is -0.690. The molecule has 1 aliphatic carbocycles. The first-order chi connectivity index (χ1) is 25.1.